The van der Waals surface area contributed by atoms with E-state index in [0.717, 1.165) is 11.3 Å². The van der Waals surface area contributed by atoms with Crippen molar-refractivity contribution >= 4 is 6.21 Å². The molecule has 1 unspecified atom stereocenters. The molecule has 1 N–H and O–H groups in total. The molecule has 3 heteroatoms. The lowest BCUT2D eigenvalue weighted by atomic mass is 10.0. The molecule has 0 saturated heterocycles. The van der Waals surface area contributed by atoms with Crippen molar-refractivity contribution in [2.75, 3.05) is 0 Å². The van der Waals surface area contributed by atoms with Crippen molar-refractivity contribution in [1.82, 2.24) is 4.98 Å². The van der Waals surface area contributed by atoms with Crippen LogP contribution in [0.2, 0.25) is 0 Å². The van der Waals surface area contributed by atoms with Gasteiger partial charge in [0.1, 0.15) is 0 Å². The van der Waals surface area contributed by atoms with Crippen LogP contribution in [0.15, 0.2) is 23.5 Å². The zero-order valence-electron chi connectivity index (χ0n) is 7.23. The number of aryl methyl sites for hydroxylation is 1. The van der Waals surface area contributed by atoms with Crippen molar-refractivity contribution in [2.45, 2.75) is 19.8 Å². The van der Waals surface area contributed by atoms with Crippen LogP contribution in [0.3, 0.4) is 0 Å². The molecule has 1 rings (SSSR count). The van der Waals surface area contributed by atoms with Crippen LogP contribution in [0, 0.1) is 6.92 Å². The van der Waals surface area contributed by atoms with Crippen molar-refractivity contribution in [3.05, 3.63) is 29.6 Å². The van der Waals surface area contributed by atoms with E-state index in [-0.39, 0.29) is 5.92 Å². The molecule has 0 aliphatic carbocycles. The van der Waals surface area contributed by atoms with E-state index < -0.39 is 0 Å². The van der Waals surface area contributed by atoms with Crippen LogP contribution in [0.25, 0.3) is 0 Å². The predicted molar refractivity (Wildman–Crippen MR) is 47.7 cm³/mol. The largest absolute Gasteiger partial charge is 0.411 e. The topological polar surface area (TPSA) is 45.5 Å². The van der Waals surface area contributed by atoms with E-state index >= 15 is 0 Å². The lowest BCUT2D eigenvalue weighted by Crippen LogP contribution is -1.95. The maximum Gasteiger partial charge on any atom is 0.0507 e. The molecular weight excluding hydrogens is 152 g/mol. The van der Waals surface area contributed by atoms with E-state index in [4.69, 9.17) is 5.21 Å². The third-order valence-corrected chi connectivity index (χ3v) is 1.74. The zero-order chi connectivity index (χ0) is 8.97. The first-order chi connectivity index (χ1) is 5.74. The van der Waals surface area contributed by atoms with Gasteiger partial charge in [-0.05, 0) is 24.6 Å². The SMILES string of the molecule is Cc1cc(C(C)C=NO)ccn1. The third kappa shape index (κ3) is 2.05. The average molecular weight is 164 g/mol. The van der Waals surface area contributed by atoms with Crippen molar-refractivity contribution < 1.29 is 5.21 Å². The Morgan fingerprint density at radius 2 is 2.42 bits per heavy atom. The smallest absolute Gasteiger partial charge is 0.0507 e. The molecule has 3 nitrogen and oxygen atoms in total. The second kappa shape index (κ2) is 3.85. The lowest BCUT2D eigenvalue weighted by Gasteiger charge is -2.04. The molecule has 1 aromatic rings. The molecule has 0 fully saturated rings. The fourth-order valence-corrected chi connectivity index (χ4v) is 1.04. The Balaban J connectivity index is 2.87. The number of rotatable bonds is 2. The Bertz CT molecular complexity index is 284. The molecule has 0 aliphatic rings. The first-order valence-electron chi connectivity index (χ1n) is 3.84. The lowest BCUT2D eigenvalue weighted by molar-refractivity contribution is 0.320. The summed E-state index contributed by atoms with van der Waals surface area (Å²) < 4.78 is 0. The highest BCUT2D eigenvalue weighted by Gasteiger charge is 2.01. The van der Waals surface area contributed by atoms with Crippen LogP contribution in [0.4, 0.5) is 0 Å². The van der Waals surface area contributed by atoms with E-state index in [2.05, 4.69) is 10.1 Å². The molecule has 1 heterocycles. The standard InChI is InChI=1S/C9H12N2O/c1-7(6-11-12)9-3-4-10-8(2)5-9/h3-7,12H,1-2H3. The molecule has 1 atom stereocenters. The minimum atomic E-state index is 0.136. The summed E-state index contributed by atoms with van der Waals surface area (Å²) >= 11 is 0. The van der Waals surface area contributed by atoms with Crippen LogP contribution in [-0.4, -0.2) is 16.4 Å². The Morgan fingerprint density at radius 3 is 3.00 bits per heavy atom. The van der Waals surface area contributed by atoms with Gasteiger partial charge in [-0.25, -0.2) is 0 Å². The second-order valence-electron chi connectivity index (χ2n) is 2.78. The van der Waals surface area contributed by atoms with Gasteiger partial charge < -0.3 is 5.21 Å². The summed E-state index contributed by atoms with van der Waals surface area (Å²) in [6.07, 6.45) is 3.25. The Labute approximate surface area is 71.8 Å². The first kappa shape index (κ1) is 8.71. The number of nitrogens with zero attached hydrogens (tertiary/aromatic N) is 2. The van der Waals surface area contributed by atoms with Crippen molar-refractivity contribution in [3.8, 4) is 0 Å². The van der Waals surface area contributed by atoms with Crippen molar-refractivity contribution in [1.29, 1.82) is 0 Å². The van der Waals surface area contributed by atoms with Gasteiger partial charge in [-0.2, -0.15) is 0 Å². The summed E-state index contributed by atoms with van der Waals surface area (Å²) in [5, 5.41) is 11.3. The van der Waals surface area contributed by atoms with Gasteiger partial charge in [-0.1, -0.05) is 6.92 Å². The van der Waals surface area contributed by atoms with Crippen LogP contribution >= 0.6 is 0 Å². The highest BCUT2D eigenvalue weighted by atomic mass is 16.4. The molecular formula is C9H12N2O. The van der Waals surface area contributed by atoms with E-state index in [1.54, 1.807) is 6.20 Å². The third-order valence-electron chi connectivity index (χ3n) is 1.74. The van der Waals surface area contributed by atoms with Crippen molar-refractivity contribution in [2.24, 2.45) is 5.16 Å². The van der Waals surface area contributed by atoms with Gasteiger partial charge in [0, 0.05) is 17.8 Å². The molecule has 0 radical (unpaired) electrons. The van der Waals surface area contributed by atoms with Crippen molar-refractivity contribution in [3.63, 3.8) is 0 Å². The summed E-state index contributed by atoms with van der Waals surface area (Å²) in [6, 6.07) is 3.89. The van der Waals surface area contributed by atoms with Gasteiger partial charge in [0.2, 0.25) is 0 Å². The normalized spacial score (nSPS) is 13.5. The van der Waals surface area contributed by atoms with E-state index in [9.17, 15) is 0 Å². The van der Waals surface area contributed by atoms with Crippen LogP contribution in [0.1, 0.15) is 24.1 Å². The average Bonchev–Trinajstić information content (AvgIpc) is 2.05. The summed E-state index contributed by atoms with van der Waals surface area (Å²) in [6.45, 7) is 3.90. The van der Waals surface area contributed by atoms with E-state index in [0.29, 0.717) is 0 Å². The van der Waals surface area contributed by atoms with Gasteiger partial charge in [0.25, 0.3) is 0 Å². The zero-order valence-corrected chi connectivity index (χ0v) is 7.23. The predicted octanol–water partition coefficient (Wildman–Crippen LogP) is 1.95. The summed E-state index contributed by atoms with van der Waals surface area (Å²) in [5.74, 6) is 0.136. The van der Waals surface area contributed by atoms with Crippen LogP contribution < -0.4 is 0 Å². The number of pyridine rings is 1. The first-order valence-corrected chi connectivity index (χ1v) is 3.84. The van der Waals surface area contributed by atoms with Gasteiger partial charge in [-0.3, -0.25) is 4.98 Å². The summed E-state index contributed by atoms with van der Waals surface area (Å²) in [4.78, 5) is 4.08. The van der Waals surface area contributed by atoms with Gasteiger partial charge >= 0.3 is 0 Å². The number of aromatic nitrogens is 1. The Morgan fingerprint density at radius 1 is 1.67 bits per heavy atom. The molecule has 0 bridgehead atoms. The maximum absolute atomic E-state index is 8.32. The van der Waals surface area contributed by atoms with Gasteiger partial charge in [-0.15, -0.1) is 5.16 Å². The number of oxime groups is 1. The molecule has 0 saturated carbocycles. The quantitative estimate of drug-likeness (QED) is 0.412. The fraction of sp³-hybridized carbons (Fsp3) is 0.333. The fourth-order valence-electron chi connectivity index (χ4n) is 1.04. The molecule has 0 aliphatic heterocycles. The van der Waals surface area contributed by atoms with E-state index in [1.165, 1.54) is 6.21 Å². The molecule has 0 spiro atoms. The summed E-state index contributed by atoms with van der Waals surface area (Å²) in [7, 11) is 0. The monoisotopic (exact) mass is 164 g/mol. The minimum absolute atomic E-state index is 0.136. The number of hydrogen-bond donors (Lipinski definition) is 1. The molecule has 12 heavy (non-hydrogen) atoms. The molecule has 1 aromatic heterocycles. The minimum Gasteiger partial charge on any atom is -0.411 e. The Hall–Kier alpha value is -1.38. The molecule has 0 amide bonds. The van der Waals surface area contributed by atoms with Crippen LogP contribution in [0.5, 0.6) is 0 Å². The van der Waals surface area contributed by atoms with E-state index in [1.807, 2.05) is 26.0 Å². The van der Waals surface area contributed by atoms with Gasteiger partial charge in [0.05, 0.1) is 6.21 Å². The highest BCUT2D eigenvalue weighted by molar-refractivity contribution is 5.66. The second-order valence-corrected chi connectivity index (χ2v) is 2.78. The molecule has 64 valence electrons. The Kier molecular flexibility index (Phi) is 2.80. The summed E-state index contributed by atoms with van der Waals surface area (Å²) in [5.41, 5.74) is 2.09. The number of hydrogen-bond acceptors (Lipinski definition) is 3. The van der Waals surface area contributed by atoms with Crippen LogP contribution in [-0.2, 0) is 0 Å². The maximum atomic E-state index is 8.32. The van der Waals surface area contributed by atoms with Gasteiger partial charge in [0.15, 0.2) is 0 Å². The highest BCUT2D eigenvalue weighted by Crippen LogP contribution is 2.12. The molecule has 0 aromatic carbocycles.